The summed E-state index contributed by atoms with van der Waals surface area (Å²) < 4.78 is 5.94. The van der Waals surface area contributed by atoms with Crippen LogP contribution in [0, 0.1) is 0 Å². The molecule has 0 bridgehead atoms. The number of hydrogen-bond acceptors (Lipinski definition) is 1. The predicted octanol–water partition coefficient (Wildman–Crippen LogP) is 5.05. The van der Waals surface area contributed by atoms with Crippen LogP contribution in [0.2, 0.25) is 0 Å². The van der Waals surface area contributed by atoms with Crippen LogP contribution in [-0.4, -0.2) is 0 Å². The Balaban J connectivity index is 2.14. The van der Waals surface area contributed by atoms with Gasteiger partial charge in [0.05, 0.1) is 0 Å². The second-order valence-electron chi connectivity index (χ2n) is 4.56. The number of aryl methyl sites for hydroxylation is 1. The van der Waals surface area contributed by atoms with Gasteiger partial charge in [-0.25, -0.2) is 0 Å². The van der Waals surface area contributed by atoms with E-state index in [1.165, 1.54) is 10.9 Å². The van der Waals surface area contributed by atoms with Crippen molar-refractivity contribution >= 4 is 11.0 Å². The average molecular weight is 236 g/mol. The molecule has 0 aliphatic heterocycles. The van der Waals surface area contributed by atoms with Gasteiger partial charge in [0.2, 0.25) is 0 Å². The number of hydrogen-bond donors (Lipinski definition) is 0. The first-order chi connectivity index (χ1) is 8.88. The van der Waals surface area contributed by atoms with Crippen molar-refractivity contribution in [1.82, 2.24) is 0 Å². The van der Waals surface area contributed by atoms with Crippen molar-refractivity contribution < 1.29 is 4.42 Å². The number of rotatable bonds is 3. The SMILES string of the molecule is CCCc1cccc2oc(-c3ccccc3)cc12. The first kappa shape index (κ1) is 11.1. The van der Waals surface area contributed by atoms with Gasteiger partial charge in [0, 0.05) is 10.9 Å². The van der Waals surface area contributed by atoms with Gasteiger partial charge in [-0.1, -0.05) is 55.8 Å². The van der Waals surface area contributed by atoms with Gasteiger partial charge in [-0.3, -0.25) is 0 Å². The molecule has 1 aromatic heterocycles. The van der Waals surface area contributed by atoms with Crippen LogP contribution in [0.4, 0.5) is 0 Å². The van der Waals surface area contributed by atoms with Crippen LogP contribution in [0.5, 0.6) is 0 Å². The molecule has 18 heavy (non-hydrogen) atoms. The third kappa shape index (κ3) is 1.92. The van der Waals surface area contributed by atoms with Gasteiger partial charge in [-0.2, -0.15) is 0 Å². The summed E-state index contributed by atoms with van der Waals surface area (Å²) in [6.07, 6.45) is 2.26. The molecule has 3 rings (SSSR count). The normalized spacial score (nSPS) is 10.9. The van der Waals surface area contributed by atoms with Crippen LogP contribution >= 0.6 is 0 Å². The van der Waals surface area contributed by atoms with Crippen molar-refractivity contribution in [3.8, 4) is 11.3 Å². The molecule has 2 aromatic carbocycles. The Morgan fingerprint density at radius 1 is 0.944 bits per heavy atom. The van der Waals surface area contributed by atoms with Crippen LogP contribution in [0.3, 0.4) is 0 Å². The molecule has 0 aliphatic carbocycles. The maximum absolute atomic E-state index is 5.94. The molecule has 0 atom stereocenters. The minimum atomic E-state index is 0.953. The molecule has 0 spiro atoms. The molecule has 1 nitrogen and oxygen atoms in total. The Labute approximate surface area is 107 Å². The van der Waals surface area contributed by atoms with E-state index in [9.17, 15) is 0 Å². The topological polar surface area (TPSA) is 13.1 Å². The lowest BCUT2D eigenvalue weighted by Crippen LogP contribution is -1.82. The molecule has 0 radical (unpaired) electrons. The third-order valence-corrected chi connectivity index (χ3v) is 3.23. The lowest BCUT2D eigenvalue weighted by Gasteiger charge is -1.98. The van der Waals surface area contributed by atoms with Crippen LogP contribution in [0.15, 0.2) is 59.0 Å². The Morgan fingerprint density at radius 3 is 2.56 bits per heavy atom. The average Bonchev–Trinajstić information content (AvgIpc) is 2.85. The highest BCUT2D eigenvalue weighted by Gasteiger charge is 2.08. The van der Waals surface area contributed by atoms with Gasteiger partial charge in [-0.05, 0) is 24.1 Å². The second kappa shape index (κ2) is 4.69. The number of benzene rings is 2. The molecule has 0 aliphatic rings. The smallest absolute Gasteiger partial charge is 0.135 e. The lowest BCUT2D eigenvalue weighted by molar-refractivity contribution is 0.631. The maximum Gasteiger partial charge on any atom is 0.135 e. The number of furan rings is 1. The Morgan fingerprint density at radius 2 is 1.78 bits per heavy atom. The molecule has 1 heterocycles. The van der Waals surface area contributed by atoms with Gasteiger partial charge in [0.25, 0.3) is 0 Å². The van der Waals surface area contributed by atoms with Crippen LogP contribution in [-0.2, 0) is 6.42 Å². The molecule has 0 saturated carbocycles. The van der Waals surface area contributed by atoms with E-state index >= 15 is 0 Å². The summed E-state index contributed by atoms with van der Waals surface area (Å²) in [4.78, 5) is 0. The van der Waals surface area contributed by atoms with Crippen molar-refractivity contribution in [2.45, 2.75) is 19.8 Å². The van der Waals surface area contributed by atoms with Gasteiger partial charge < -0.3 is 4.42 Å². The fourth-order valence-electron chi connectivity index (χ4n) is 2.35. The van der Waals surface area contributed by atoms with E-state index in [-0.39, 0.29) is 0 Å². The second-order valence-corrected chi connectivity index (χ2v) is 4.56. The fourth-order valence-corrected chi connectivity index (χ4v) is 2.35. The largest absolute Gasteiger partial charge is 0.456 e. The zero-order chi connectivity index (χ0) is 12.4. The summed E-state index contributed by atoms with van der Waals surface area (Å²) >= 11 is 0. The molecule has 3 aromatic rings. The van der Waals surface area contributed by atoms with Crippen molar-refractivity contribution in [3.05, 3.63) is 60.2 Å². The molecular weight excluding hydrogens is 220 g/mol. The minimum Gasteiger partial charge on any atom is -0.456 e. The quantitative estimate of drug-likeness (QED) is 0.620. The minimum absolute atomic E-state index is 0.953. The van der Waals surface area contributed by atoms with E-state index in [4.69, 9.17) is 4.42 Å². The highest BCUT2D eigenvalue weighted by molar-refractivity contribution is 5.85. The molecule has 0 amide bonds. The number of fused-ring (bicyclic) bond motifs is 1. The van der Waals surface area contributed by atoms with Crippen molar-refractivity contribution in [2.24, 2.45) is 0 Å². The standard InChI is InChI=1S/C17H16O/c1-2-7-13-10-6-11-16-15(13)12-17(18-16)14-8-4-3-5-9-14/h3-6,8-12H,2,7H2,1H3. The first-order valence-corrected chi connectivity index (χ1v) is 6.45. The Bertz CT molecular complexity index is 650. The van der Waals surface area contributed by atoms with E-state index in [2.05, 4.69) is 37.3 Å². The Hall–Kier alpha value is -2.02. The summed E-state index contributed by atoms with van der Waals surface area (Å²) in [6, 6.07) is 18.7. The molecule has 0 unspecified atom stereocenters. The van der Waals surface area contributed by atoms with Crippen LogP contribution in [0.1, 0.15) is 18.9 Å². The van der Waals surface area contributed by atoms with Crippen molar-refractivity contribution in [3.63, 3.8) is 0 Å². The summed E-state index contributed by atoms with van der Waals surface area (Å²) in [5, 5.41) is 1.25. The summed E-state index contributed by atoms with van der Waals surface area (Å²) in [5.74, 6) is 0.953. The van der Waals surface area contributed by atoms with Gasteiger partial charge >= 0.3 is 0 Å². The van der Waals surface area contributed by atoms with Crippen molar-refractivity contribution in [2.75, 3.05) is 0 Å². The van der Waals surface area contributed by atoms with E-state index in [0.717, 1.165) is 29.7 Å². The maximum atomic E-state index is 5.94. The summed E-state index contributed by atoms with van der Waals surface area (Å²) in [5.41, 5.74) is 3.50. The summed E-state index contributed by atoms with van der Waals surface area (Å²) in [6.45, 7) is 2.21. The predicted molar refractivity (Wildman–Crippen MR) is 75.6 cm³/mol. The summed E-state index contributed by atoms with van der Waals surface area (Å²) in [7, 11) is 0. The molecule has 1 heteroatoms. The molecule has 0 N–H and O–H groups in total. The van der Waals surface area contributed by atoms with Crippen molar-refractivity contribution in [1.29, 1.82) is 0 Å². The highest BCUT2D eigenvalue weighted by atomic mass is 16.3. The monoisotopic (exact) mass is 236 g/mol. The zero-order valence-corrected chi connectivity index (χ0v) is 10.5. The van der Waals surface area contributed by atoms with Gasteiger partial charge in [-0.15, -0.1) is 0 Å². The van der Waals surface area contributed by atoms with E-state index in [1.807, 2.05) is 24.3 Å². The van der Waals surface area contributed by atoms with E-state index < -0.39 is 0 Å². The lowest BCUT2D eigenvalue weighted by atomic mass is 10.1. The van der Waals surface area contributed by atoms with Gasteiger partial charge in [0.15, 0.2) is 0 Å². The van der Waals surface area contributed by atoms with Gasteiger partial charge in [0.1, 0.15) is 11.3 Å². The van der Waals surface area contributed by atoms with Crippen LogP contribution < -0.4 is 0 Å². The highest BCUT2D eigenvalue weighted by Crippen LogP contribution is 2.30. The zero-order valence-electron chi connectivity index (χ0n) is 10.5. The Kier molecular flexibility index (Phi) is 2.89. The molecular formula is C17H16O. The fraction of sp³-hybridized carbons (Fsp3) is 0.176. The molecule has 90 valence electrons. The van der Waals surface area contributed by atoms with Crippen LogP contribution in [0.25, 0.3) is 22.3 Å². The van der Waals surface area contributed by atoms with E-state index in [1.54, 1.807) is 0 Å². The molecule has 0 saturated heterocycles. The van der Waals surface area contributed by atoms with E-state index in [0.29, 0.717) is 0 Å². The third-order valence-electron chi connectivity index (χ3n) is 3.23. The first-order valence-electron chi connectivity index (χ1n) is 6.45. The molecule has 0 fully saturated rings.